The smallest absolute Gasteiger partial charge is 0.224 e. The van der Waals surface area contributed by atoms with E-state index in [2.05, 4.69) is 29.6 Å². The van der Waals surface area contributed by atoms with Crippen LogP contribution in [0, 0.1) is 13.8 Å². The first-order valence-electron chi connectivity index (χ1n) is 9.67. The number of rotatable bonds is 7. The first kappa shape index (κ1) is 19.7. The van der Waals surface area contributed by atoms with Crippen molar-refractivity contribution in [2.75, 3.05) is 6.54 Å². The third kappa shape index (κ3) is 5.23. The molecule has 0 bridgehead atoms. The van der Waals surface area contributed by atoms with Gasteiger partial charge in [0.25, 0.3) is 0 Å². The molecule has 28 heavy (non-hydrogen) atoms. The van der Waals surface area contributed by atoms with Crippen molar-refractivity contribution in [1.82, 2.24) is 5.32 Å². The summed E-state index contributed by atoms with van der Waals surface area (Å²) in [5.74, 6) is 0.908. The maximum Gasteiger partial charge on any atom is 0.224 e. The van der Waals surface area contributed by atoms with Gasteiger partial charge in [-0.3, -0.25) is 4.79 Å². The van der Waals surface area contributed by atoms with E-state index in [1.54, 1.807) is 0 Å². The van der Waals surface area contributed by atoms with Crippen molar-refractivity contribution in [2.24, 2.45) is 0 Å². The summed E-state index contributed by atoms with van der Waals surface area (Å²) in [4.78, 5) is 12.3. The highest BCUT2D eigenvalue weighted by Crippen LogP contribution is 2.23. The molecule has 0 aromatic heterocycles. The number of hydrogen-bond acceptors (Lipinski definition) is 2. The first-order chi connectivity index (χ1) is 13.5. The van der Waals surface area contributed by atoms with E-state index in [9.17, 15) is 4.79 Å². The van der Waals surface area contributed by atoms with Crippen molar-refractivity contribution in [2.45, 2.75) is 33.3 Å². The molecule has 1 atom stereocenters. The van der Waals surface area contributed by atoms with E-state index in [0.29, 0.717) is 13.0 Å². The highest BCUT2D eigenvalue weighted by molar-refractivity contribution is 5.78. The zero-order valence-electron chi connectivity index (χ0n) is 16.7. The van der Waals surface area contributed by atoms with Gasteiger partial charge in [0, 0.05) is 0 Å². The van der Waals surface area contributed by atoms with Crippen molar-refractivity contribution in [3.63, 3.8) is 0 Å². The monoisotopic (exact) mass is 373 g/mol. The van der Waals surface area contributed by atoms with Crippen LogP contribution in [-0.4, -0.2) is 18.6 Å². The lowest BCUT2D eigenvalue weighted by atomic mass is 10.0. The highest BCUT2D eigenvalue weighted by Gasteiger charge is 2.11. The van der Waals surface area contributed by atoms with Crippen molar-refractivity contribution in [3.05, 3.63) is 89.5 Å². The van der Waals surface area contributed by atoms with Crippen LogP contribution in [0.25, 0.3) is 11.1 Å². The zero-order chi connectivity index (χ0) is 19.9. The van der Waals surface area contributed by atoms with Gasteiger partial charge in [-0.2, -0.15) is 0 Å². The lowest BCUT2D eigenvalue weighted by Crippen LogP contribution is -2.34. The Balaban J connectivity index is 1.50. The summed E-state index contributed by atoms with van der Waals surface area (Å²) >= 11 is 0. The quantitative estimate of drug-likeness (QED) is 0.626. The van der Waals surface area contributed by atoms with E-state index in [4.69, 9.17) is 4.74 Å². The highest BCUT2D eigenvalue weighted by atomic mass is 16.5. The summed E-state index contributed by atoms with van der Waals surface area (Å²) in [6.45, 7) is 6.52. The molecular weight excluding hydrogens is 346 g/mol. The molecule has 3 aromatic carbocycles. The second kappa shape index (κ2) is 9.23. The maximum absolute atomic E-state index is 12.3. The van der Waals surface area contributed by atoms with Crippen LogP contribution in [0.2, 0.25) is 0 Å². The van der Waals surface area contributed by atoms with Crippen LogP contribution in [-0.2, 0) is 11.2 Å². The van der Waals surface area contributed by atoms with Gasteiger partial charge in [0.05, 0.1) is 13.0 Å². The van der Waals surface area contributed by atoms with E-state index >= 15 is 0 Å². The fourth-order valence-electron chi connectivity index (χ4n) is 3.18. The van der Waals surface area contributed by atoms with Gasteiger partial charge in [-0.15, -0.1) is 0 Å². The molecule has 1 N–H and O–H groups in total. The van der Waals surface area contributed by atoms with Gasteiger partial charge >= 0.3 is 0 Å². The molecule has 0 aliphatic rings. The van der Waals surface area contributed by atoms with E-state index in [0.717, 1.165) is 28.0 Å². The SMILES string of the molecule is Cc1cccc(C)c1OC(C)CNC(=O)Cc1ccc(-c2ccccc2)cc1. The van der Waals surface area contributed by atoms with Gasteiger partial charge in [0.2, 0.25) is 5.91 Å². The van der Waals surface area contributed by atoms with E-state index in [1.807, 2.05) is 69.3 Å². The average Bonchev–Trinajstić information content (AvgIpc) is 2.70. The predicted molar refractivity (Wildman–Crippen MR) is 115 cm³/mol. The second-order valence-corrected chi connectivity index (χ2v) is 7.19. The fourth-order valence-corrected chi connectivity index (χ4v) is 3.18. The van der Waals surface area contributed by atoms with Crippen LogP contribution in [0.15, 0.2) is 72.8 Å². The summed E-state index contributed by atoms with van der Waals surface area (Å²) in [6.07, 6.45) is 0.273. The third-order valence-corrected chi connectivity index (χ3v) is 4.74. The number of aryl methyl sites for hydroxylation is 2. The van der Waals surface area contributed by atoms with Crippen LogP contribution in [0.1, 0.15) is 23.6 Å². The van der Waals surface area contributed by atoms with Crippen molar-refractivity contribution < 1.29 is 9.53 Å². The number of amides is 1. The molecule has 0 spiro atoms. The summed E-state index contributed by atoms with van der Waals surface area (Å²) in [7, 11) is 0. The van der Waals surface area contributed by atoms with Crippen LogP contribution < -0.4 is 10.1 Å². The zero-order valence-corrected chi connectivity index (χ0v) is 16.7. The van der Waals surface area contributed by atoms with Gasteiger partial charge in [-0.1, -0.05) is 72.8 Å². The van der Waals surface area contributed by atoms with Gasteiger partial charge in [-0.05, 0) is 48.6 Å². The van der Waals surface area contributed by atoms with Crippen LogP contribution in [0.3, 0.4) is 0 Å². The molecule has 0 radical (unpaired) electrons. The molecule has 1 unspecified atom stereocenters. The molecule has 3 heteroatoms. The Morgan fingerprint density at radius 1 is 0.857 bits per heavy atom. The minimum absolute atomic E-state index is 0.00409. The van der Waals surface area contributed by atoms with Crippen LogP contribution in [0.5, 0.6) is 5.75 Å². The Kier molecular flexibility index (Phi) is 6.49. The Morgan fingerprint density at radius 2 is 1.46 bits per heavy atom. The molecule has 3 nitrogen and oxygen atoms in total. The molecule has 3 aromatic rings. The number of nitrogens with one attached hydrogen (secondary N) is 1. The van der Waals surface area contributed by atoms with Crippen molar-refractivity contribution in [1.29, 1.82) is 0 Å². The molecule has 0 heterocycles. The largest absolute Gasteiger partial charge is 0.488 e. The van der Waals surface area contributed by atoms with Gasteiger partial charge in [0.15, 0.2) is 0 Å². The second-order valence-electron chi connectivity index (χ2n) is 7.19. The summed E-state index contributed by atoms with van der Waals surface area (Å²) in [5.41, 5.74) is 5.55. The van der Waals surface area contributed by atoms with Crippen LogP contribution >= 0.6 is 0 Å². The van der Waals surface area contributed by atoms with Crippen molar-refractivity contribution >= 4 is 5.91 Å². The van der Waals surface area contributed by atoms with Gasteiger partial charge < -0.3 is 10.1 Å². The Morgan fingerprint density at radius 3 is 2.11 bits per heavy atom. The topological polar surface area (TPSA) is 38.3 Å². The van der Waals surface area contributed by atoms with Crippen LogP contribution in [0.4, 0.5) is 0 Å². The minimum atomic E-state index is -0.0933. The normalized spacial score (nSPS) is 11.7. The molecule has 0 aliphatic carbocycles. The number of benzene rings is 3. The number of ether oxygens (including phenoxy) is 1. The number of para-hydroxylation sites is 1. The Hall–Kier alpha value is -3.07. The molecular formula is C25H27NO2. The predicted octanol–water partition coefficient (Wildman–Crippen LogP) is 5.10. The summed E-state index contributed by atoms with van der Waals surface area (Å²) in [5, 5.41) is 2.97. The standard InChI is InChI=1S/C25H27NO2/c1-18-8-7-9-19(2)25(18)28-20(3)17-26-24(27)16-21-12-14-23(15-13-21)22-10-5-4-6-11-22/h4-15,20H,16-17H2,1-3H3,(H,26,27). The molecule has 144 valence electrons. The number of hydrogen-bond donors (Lipinski definition) is 1. The van der Waals surface area contributed by atoms with Gasteiger partial charge in [-0.25, -0.2) is 0 Å². The number of carbonyl (C=O) groups excluding carboxylic acids is 1. The fraction of sp³-hybridized carbons (Fsp3) is 0.240. The van der Waals surface area contributed by atoms with Crippen molar-refractivity contribution in [3.8, 4) is 16.9 Å². The van der Waals surface area contributed by atoms with Gasteiger partial charge in [0.1, 0.15) is 11.9 Å². The summed E-state index contributed by atoms with van der Waals surface area (Å²) < 4.78 is 6.03. The first-order valence-corrected chi connectivity index (χ1v) is 9.67. The maximum atomic E-state index is 12.3. The third-order valence-electron chi connectivity index (χ3n) is 4.74. The minimum Gasteiger partial charge on any atom is -0.488 e. The van der Waals surface area contributed by atoms with E-state index in [-0.39, 0.29) is 12.0 Å². The van der Waals surface area contributed by atoms with E-state index < -0.39 is 0 Å². The lowest BCUT2D eigenvalue weighted by molar-refractivity contribution is -0.120. The van der Waals surface area contributed by atoms with E-state index in [1.165, 1.54) is 5.56 Å². The molecule has 0 saturated carbocycles. The Labute approximate surface area is 167 Å². The molecule has 3 rings (SSSR count). The average molecular weight is 373 g/mol. The molecule has 0 aliphatic heterocycles. The Bertz CT molecular complexity index is 897. The number of carbonyl (C=O) groups is 1. The molecule has 1 amide bonds. The summed E-state index contributed by atoms with van der Waals surface area (Å²) in [6, 6.07) is 24.5. The molecule has 0 fully saturated rings. The molecule has 0 saturated heterocycles. The lowest BCUT2D eigenvalue weighted by Gasteiger charge is -2.18.